The largest absolute Gasteiger partial charge is 0.480 e. The smallest absolute Gasteiger partial charge is 0.329 e. The number of hydrogen-bond acceptors (Lipinski definition) is 2. The van der Waals surface area contributed by atoms with E-state index < -0.39 is 11.5 Å². The molecule has 1 atom stereocenters. The van der Waals surface area contributed by atoms with Gasteiger partial charge in [-0.15, -0.1) is 0 Å². The highest BCUT2D eigenvalue weighted by Crippen LogP contribution is 2.42. The van der Waals surface area contributed by atoms with Crippen molar-refractivity contribution in [1.82, 2.24) is 0 Å². The Morgan fingerprint density at radius 3 is 2.42 bits per heavy atom. The van der Waals surface area contributed by atoms with Crippen molar-refractivity contribution in [1.29, 1.82) is 0 Å². The number of rotatable bonds is 3. The fourth-order valence-corrected chi connectivity index (χ4v) is 3.14. The Balaban J connectivity index is 2.25. The summed E-state index contributed by atoms with van der Waals surface area (Å²) in [6.45, 7) is 4.26. The van der Waals surface area contributed by atoms with E-state index in [1.807, 2.05) is 12.1 Å². The zero-order valence-electron chi connectivity index (χ0n) is 11.4. The third-order valence-corrected chi connectivity index (χ3v) is 4.13. The summed E-state index contributed by atoms with van der Waals surface area (Å²) < 4.78 is 0. The molecule has 0 heterocycles. The van der Waals surface area contributed by atoms with Crippen LogP contribution < -0.4 is 5.32 Å². The number of carbonyl (C=O) groups is 1. The summed E-state index contributed by atoms with van der Waals surface area (Å²) in [5, 5.41) is 13.5. The summed E-state index contributed by atoms with van der Waals surface area (Å²) in [5.41, 5.74) is -0.00412. The van der Waals surface area contributed by atoms with Crippen molar-refractivity contribution >= 4 is 23.3 Å². The van der Waals surface area contributed by atoms with E-state index in [9.17, 15) is 9.90 Å². The molecule has 0 bridgehead atoms. The van der Waals surface area contributed by atoms with Gasteiger partial charge < -0.3 is 10.4 Å². The topological polar surface area (TPSA) is 49.3 Å². The normalized spacial score (nSPS) is 25.8. The van der Waals surface area contributed by atoms with Gasteiger partial charge in [0.1, 0.15) is 5.54 Å². The Morgan fingerprint density at radius 1 is 1.26 bits per heavy atom. The lowest BCUT2D eigenvalue weighted by molar-refractivity contribution is -0.145. The van der Waals surface area contributed by atoms with Crippen LogP contribution in [0.4, 0.5) is 5.69 Å². The van der Waals surface area contributed by atoms with Gasteiger partial charge in [0.15, 0.2) is 0 Å². The van der Waals surface area contributed by atoms with Gasteiger partial charge in [-0.25, -0.2) is 4.79 Å². The molecule has 2 N–H and O–H groups in total. The minimum Gasteiger partial charge on any atom is -0.480 e. The highest BCUT2D eigenvalue weighted by molar-refractivity contribution is 6.30. The van der Waals surface area contributed by atoms with E-state index in [0.29, 0.717) is 17.9 Å². The molecule has 1 aromatic rings. The van der Waals surface area contributed by atoms with E-state index in [1.54, 1.807) is 12.1 Å². The molecule has 104 valence electrons. The first-order valence-corrected chi connectivity index (χ1v) is 6.98. The van der Waals surface area contributed by atoms with Gasteiger partial charge in [0, 0.05) is 10.7 Å². The molecule has 0 amide bonds. The van der Waals surface area contributed by atoms with Crippen LogP contribution in [-0.2, 0) is 4.79 Å². The number of halogens is 1. The summed E-state index contributed by atoms with van der Waals surface area (Å²) in [6.07, 6.45) is 3.30. The molecule has 2 rings (SSSR count). The summed E-state index contributed by atoms with van der Waals surface area (Å²) in [4.78, 5) is 11.7. The van der Waals surface area contributed by atoms with Crippen molar-refractivity contribution < 1.29 is 9.90 Å². The average molecular weight is 282 g/mol. The zero-order chi connectivity index (χ0) is 14.1. The number of nitrogens with one attached hydrogen (secondary N) is 1. The Morgan fingerprint density at radius 2 is 1.89 bits per heavy atom. The van der Waals surface area contributed by atoms with Crippen LogP contribution >= 0.6 is 11.6 Å². The van der Waals surface area contributed by atoms with Crippen LogP contribution in [0.5, 0.6) is 0 Å². The standard InChI is InChI=1S/C15H20ClNO2/c1-14(2)8-3-9-15(10-14,13(18)19)17-12-6-4-11(16)5-7-12/h4-7,17H,3,8-10H2,1-2H3,(H,18,19). The molecule has 0 aromatic heterocycles. The van der Waals surface area contributed by atoms with Gasteiger partial charge in [-0.1, -0.05) is 25.4 Å². The first kappa shape index (κ1) is 14.2. The molecular weight excluding hydrogens is 262 g/mol. The quantitative estimate of drug-likeness (QED) is 0.874. The Kier molecular flexibility index (Phi) is 3.77. The first-order valence-electron chi connectivity index (χ1n) is 6.60. The van der Waals surface area contributed by atoms with Crippen LogP contribution in [-0.4, -0.2) is 16.6 Å². The lowest BCUT2D eigenvalue weighted by atomic mass is 9.68. The molecule has 1 aliphatic carbocycles. The van der Waals surface area contributed by atoms with Gasteiger partial charge in [0.05, 0.1) is 0 Å². The van der Waals surface area contributed by atoms with Gasteiger partial charge >= 0.3 is 5.97 Å². The van der Waals surface area contributed by atoms with Crippen LogP contribution in [0.15, 0.2) is 24.3 Å². The zero-order valence-corrected chi connectivity index (χ0v) is 12.1. The molecule has 3 nitrogen and oxygen atoms in total. The number of hydrogen-bond donors (Lipinski definition) is 2. The molecule has 1 fully saturated rings. The predicted molar refractivity (Wildman–Crippen MR) is 77.7 cm³/mol. The fourth-order valence-electron chi connectivity index (χ4n) is 3.01. The summed E-state index contributed by atoms with van der Waals surface area (Å²) in [7, 11) is 0. The lowest BCUT2D eigenvalue weighted by Gasteiger charge is -2.43. The molecule has 19 heavy (non-hydrogen) atoms. The molecule has 1 aromatic carbocycles. The predicted octanol–water partition coefficient (Wildman–Crippen LogP) is 4.18. The summed E-state index contributed by atoms with van der Waals surface area (Å²) >= 11 is 5.85. The highest BCUT2D eigenvalue weighted by Gasteiger charge is 2.45. The third kappa shape index (κ3) is 3.21. The minimum atomic E-state index is -0.865. The molecule has 0 aliphatic heterocycles. The molecule has 1 saturated carbocycles. The second-order valence-corrected chi connectivity index (χ2v) is 6.65. The van der Waals surface area contributed by atoms with E-state index in [0.717, 1.165) is 18.5 Å². The van der Waals surface area contributed by atoms with Crippen molar-refractivity contribution in [3.8, 4) is 0 Å². The maximum atomic E-state index is 11.7. The maximum absolute atomic E-state index is 11.7. The number of anilines is 1. The van der Waals surface area contributed by atoms with E-state index in [-0.39, 0.29) is 5.41 Å². The summed E-state index contributed by atoms with van der Waals surface area (Å²) in [5.74, 6) is -0.768. The van der Waals surface area contributed by atoms with Gasteiger partial charge in [-0.05, 0) is 55.4 Å². The van der Waals surface area contributed by atoms with Gasteiger partial charge in [0.25, 0.3) is 0 Å². The lowest BCUT2D eigenvalue weighted by Crippen LogP contribution is -2.51. The van der Waals surface area contributed by atoms with E-state index in [4.69, 9.17) is 11.6 Å². The maximum Gasteiger partial charge on any atom is 0.329 e. The van der Waals surface area contributed by atoms with Crippen molar-refractivity contribution in [2.24, 2.45) is 5.41 Å². The molecule has 0 spiro atoms. The SMILES string of the molecule is CC1(C)CCCC(Nc2ccc(Cl)cc2)(C(=O)O)C1. The second kappa shape index (κ2) is 5.04. The highest BCUT2D eigenvalue weighted by atomic mass is 35.5. The van der Waals surface area contributed by atoms with Crippen molar-refractivity contribution in [3.63, 3.8) is 0 Å². The third-order valence-electron chi connectivity index (χ3n) is 3.87. The summed E-state index contributed by atoms with van der Waals surface area (Å²) in [6, 6.07) is 7.20. The molecule has 0 saturated heterocycles. The molecule has 1 unspecified atom stereocenters. The van der Waals surface area contributed by atoms with Crippen molar-refractivity contribution in [3.05, 3.63) is 29.3 Å². The fraction of sp³-hybridized carbons (Fsp3) is 0.533. The molecule has 1 aliphatic rings. The van der Waals surface area contributed by atoms with Gasteiger partial charge in [0.2, 0.25) is 0 Å². The Hall–Kier alpha value is -1.22. The first-order chi connectivity index (χ1) is 8.83. The molecular formula is C15H20ClNO2. The molecule has 0 radical (unpaired) electrons. The van der Waals surface area contributed by atoms with E-state index >= 15 is 0 Å². The van der Waals surface area contributed by atoms with Gasteiger partial charge in [-0.3, -0.25) is 0 Å². The Bertz CT molecular complexity index is 470. The van der Waals surface area contributed by atoms with E-state index in [2.05, 4.69) is 19.2 Å². The average Bonchev–Trinajstić information content (AvgIpc) is 2.31. The van der Waals surface area contributed by atoms with Gasteiger partial charge in [-0.2, -0.15) is 0 Å². The van der Waals surface area contributed by atoms with E-state index in [1.165, 1.54) is 0 Å². The van der Waals surface area contributed by atoms with Crippen LogP contribution in [0.3, 0.4) is 0 Å². The number of carboxylic acid groups (broad SMARTS) is 1. The Labute approximate surface area is 119 Å². The number of carboxylic acids is 1. The van der Waals surface area contributed by atoms with Crippen LogP contribution in [0, 0.1) is 5.41 Å². The monoisotopic (exact) mass is 281 g/mol. The van der Waals surface area contributed by atoms with Crippen LogP contribution in [0.2, 0.25) is 5.02 Å². The number of benzene rings is 1. The van der Waals surface area contributed by atoms with Crippen molar-refractivity contribution in [2.75, 3.05) is 5.32 Å². The van der Waals surface area contributed by atoms with Crippen LogP contribution in [0.1, 0.15) is 39.5 Å². The number of aliphatic carboxylic acids is 1. The minimum absolute atomic E-state index is 0.0517. The van der Waals surface area contributed by atoms with Crippen molar-refractivity contribution in [2.45, 2.75) is 45.1 Å². The second-order valence-electron chi connectivity index (χ2n) is 6.21. The van der Waals surface area contributed by atoms with Crippen LogP contribution in [0.25, 0.3) is 0 Å². The molecule has 4 heteroatoms.